The largest absolute Gasteiger partial charge is 0.481 e. The molecular weight excluding hydrogens is 250 g/mol. The highest BCUT2D eigenvalue weighted by molar-refractivity contribution is 5.77. The van der Waals surface area contributed by atoms with Gasteiger partial charge in [0.25, 0.3) is 0 Å². The van der Waals surface area contributed by atoms with Crippen LogP contribution >= 0.6 is 0 Å². The van der Waals surface area contributed by atoms with E-state index in [0.29, 0.717) is 26.1 Å². The van der Waals surface area contributed by atoms with Crippen LogP contribution in [0, 0.1) is 0 Å². The van der Waals surface area contributed by atoms with Crippen molar-refractivity contribution in [1.29, 1.82) is 0 Å². The minimum atomic E-state index is -0.894. The fourth-order valence-electron chi connectivity index (χ4n) is 2.56. The number of amides is 1. The predicted molar refractivity (Wildman–Crippen MR) is 66.8 cm³/mol. The summed E-state index contributed by atoms with van der Waals surface area (Å²) in [6, 6.07) is 0. The van der Waals surface area contributed by atoms with Crippen LogP contribution in [0.4, 0.5) is 0 Å². The molecule has 0 saturated carbocycles. The summed E-state index contributed by atoms with van der Waals surface area (Å²) in [7, 11) is 0. The second-order valence-electron chi connectivity index (χ2n) is 5.12. The van der Waals surface area contributed by atoms with E-state index in [9.17, 15) is 9.59 Å². The van der Waals surface area contributed by atoms with Crippen molar-refractivity contribution in [3.63, 3.8) is 0 Å². The maximum Gasteiger partial charge on any atom is 0.306 e. The van der Waals surface area contributed by atoms with Crippen LogP contribution in [-0.4, -0.2) is 60.4 Å². The number of carbonyl (C=O) groups is 2. The van der Waals surface area contributed by atoms with E-state index in [1.165, 1.54) is 0 Å². The Bertz CT molecular complexity index is 327. The molecule has 0 spiro atoms. The molecule has 2 heterocycles. The van der Waals surface area contributed by atoms with Crippen molar-refractivity contribution < 1.29 is 24.2 Å². The Labute approximate surface area is 112 Å². The van der Waals surface area contributed by atoms with E-state index in [0.717, 1.165) is 25.9 Å². The van der Waals surface area contributed by atoms with Crippen LogP contribution in [0.2, 0.25) is 0 Å². The van der Waals surface area contributed by atoms with Crippen molar-refractivity contribution in [2.75, 3.05) is 26.3 Å². The summed E-state index contributed by atoms with van der Waals surface area (Å²) in [6.45, 7) is 2.07. The van der Waals surface area contributed by atoms with Crippen LogP contribution in [0.3, 0.4) is 0 Å². The molecular formula is C13H21NO5. The Morgan fingerprint density at radius 2 is 1.89 bits per heavy atom. The van der Waals surface area contributed by atoms with E-state index in [1.54, 1.807) is 4.90 Å². The molecule has 6 nitrogen and oxygen atoms in total. The van der Waals surface area contributed by atoms with E-state index in [1.807, 2.05) is 0 Å². The molecule has 1 amide bonds. The molecule has 0 aliphatic carbocycles. The number of carboxylic acids is 1. The van der Waals surface area contributed by atoms with Gasteiger partial charge in [-0.25, -0.2) is 0 Å². The van der Waals surface area contributed by atoms with E-state index in [2.05, 4.69) is 0 Å². The third-order valence-electron chi connectivity index (χ3n) is 3.57. The fourth-order valence-corrected chi connectivity index (χ4v) is 2.56. The number of ether oxygens (including phenoxy) is 2. The van der Waals surface area contributed by atoms with Gasteiger partial charge in [0.2, 0.25) is 5.91 Å². The molecule has 0 unspecified atom stereocenters. The van der Waals surface area contributed by atoms with E-state index < -0.39 is 5.97 Å². The van der Waals surface area contributed by atoms with Crippen molar-refractivity contribution in [2.24, 2.45) is 0 Å². The summed E-state index contributed by atoms with van der Waals surface area (Å²) in [4.78, 5) is 24.5. The molecule has 2 rings (SSSR count). The molecule has 0 radical (unpaired) electrons. The third kappa shape index (κ3) is 4.47. The molecule has 2 aliphatic heterocycles. The first kappa shape index (κ1) is 14.3. The second kappa shape index (κ2) is 6.86. The summed E-state index contributed by atoms with van der Waals surface area (Å²) in [5.74, 6) is -0.847. The molecule has 2 fully saturated rings. The molecule has 0 aromatic rings. The van der Waals surface area contributed by atoms with Crippen LogP contribution in [0.25, 0.3) is 0 Å². The average molecular weight is 271 g/mol. The normalized spacial score (nSPS) is 28.1. The zero-order chi connectivity index (χ0) is 13.7. The lowest BCUT2D eigenvalue weighted by atomic mass is 10.1. The van der Waals surface area contributed by atoms with Gasteiger partial charge in [0.1, 0.15) is 0 Å². The smallest absolute Gasteiger partial charge is 0.306 e. The second-order valence-corrected chi connectivity index (χ2v) is 5.12. The van der Waals surface area contributed by atoms with E-state index in [-0.39, 0.29) is 24.5 Å². The highest BCUT2D eigenvalue weighted by atomic mass is 16.5. The van der Waals surface area contributed by atoms with Gasteiger partial charge in [-0.1, -0.05) is 0 Å². The van der Waals surface area contributed by atoms with Gasteiger partial charge in [-0.05, 0) is 19.3 Å². The van der Waals surface area contributed by atoms with Gasteiger partial charge in [-0.15, -0.1) is 0 Å². The lowest BCUT2D eigenvalue weighted by Crippen LogP contribution is -2.47. The van der Waals surface area contributed by atoms with Gasteiger partial charge in [-0.2, -0.15) is 0 Å². The van der Waals surface area contributed by atoms with Crippen LogP contribution in [0.15, 0.2) is 0 Å². The topological polar surface area (TPSA) is 76.1 Å². The van der Waals surface area contributed by atoms with Gasteiger partial charge in [0.05, 0.1) is 31.7 Å². The lowest BCUT2D eigenvalue weighted by Gasteiger charge is -2.33. The maximum atomic E-state index is 12.1. The molecule has 0 bridgehead atoms. The van der Waals surface area contributed by atoms with Crippen LogP contribution in [0.5, 0.6) is 0 Å². The Kier molecular flexibility index (Phi) is 5.15. The summed E-state index contributed by atoms with van der Waals surface area (Å²) in [6.07, 6.45) is 3.12. The van der Waals surface area contributed by atoms with Crippen LogP contribution in [-0.2, 0) is 19.1 Å². The number of hydrogen-bond acceptors (Lipinski definition) is 4. The fraction of sp³-hybridized carbons (Fsp3) is 0.846. The first-order valence-electron chi connectivity index (χ1n) is 6.88. The number of carbonyl (C=O) groups excluding carboxylic acids is 1. The number of morpholine rings is 1. The molecule has 2 atom stereocenters. The average Bonchev–Trinajstić information content (AvgIpc) is 2.39. The van der Waals surface area contributed by atoms with Crippen molar-refractivity contribution in [3.05, 3.63) is 0 Å². The summed E-state index contributed by atoms with van der Waals surface area (Å²) >= 11 is 0. The van der Waals surface area contributed by atoms with Crippen LogP contribution in [0.1, 0.15) is 32.1 Å². The van der Waals surface area contributed by atoms with Crippen molar-refractivity contribution >= 4 is 11.9 Å². The van der Waals surface area contributed by atoms with Gasteiger partial charge in [-0.3, -0.25) is 9.59 Å². The zero-order valence-corrected chi connectivity index (χ0v) is 11.0. The molecule has 0 aromatic heterocycles. The lowest BCUT2D eigenvalue weighted by molar-refractivity contribution is -0.149. The number of hydrogen-bond donors (Lipinski definition) is 1. The highest BCUT2D eigenvalue weighted by Gasteiger charge is 2.28. The predicted octanol–water partition coefficient (Wildman–Crippen LogP) is 0.648. The Morgan fingerprint density at radius 3 is 2.58 bits per heavy atom. The molecule has 2 saturated heterocycles. The highest BCUT2D eigenvalue weighted by Crippen LogP contribution is 2.18. The standard InChI is InChI=1S/C13H21NO5/c15-12(7-10-3-1-2-5-18-10)14-4-6-19-11(9-14)8-13(16)17/h10-11H,1-9H2,(H,16,17)/t10-,11-/m1/s1. The molecule has 1 N–H and O–H groups in total. The minimum absolute atomic E-state index is 0.0296. The Balaban J connectivity index is 1.79. The van der Waals surface area contributed by atoms with E-state index >= 15 is 0 Å². The monoisotopic (exact) mass is 271 g/mol. The Morgan fingerprint density at radius 1 is 1.11 bits per heavy atom. The summed E-state index contributed by atoms with van der Waals surface area (Å²) in [5, 5.41) is 8.75. The summed E-state index contributed by atoms with van der Waals surface area (Å²) < 4.78 is 10.9. The minimum Gasteiger partial charge on any atom is -0.481 e. The number of rotatable bonds is 4. The van der Waals surface area contributed by atoms with Gasteiger partial charge >= 0.3 is 5.97 Å². The number of carboxylic acid groups (broad SMARTS) is 1. The first-order valence-corrected chi connectivity index (χ1v) is 6.88. The van der Waals surface area contributed by atoms with Crippen molar-refractivity contribution in [1.82, 2.24) is 4.90 Å². The molecule has 108 valence electrons. The van der Waals surface area contributed by atoms with Crippen molar-refractivity contribution in [3.8, 4) is 0 Å². The first-order chi connectivity index (χ1) is 9.15. The molecule has 0 aromatic carbocycles. The SMILES string of the molecule is O=C(O)C[C@@H]1CN(C(=O)C[C@H]2CCCCO2)CCO1. The van der Waals surface area contributed by atoms with Crippen LogP contribution < -0.4 is 0 Å². The zero-order valence-electron chi connectivity index (χ0n) is 11.0. The molecule has 2 aliphatic rings. The molecule has 6 heteroatoms. The van der Waals surface area contributed by atoms with Crippen molar-refractivity contribution in [2.45, 2.75) is 44.3 Å². The van der Waals surface area contributed by atoms with E-state index in [4.69, 9.17) is 14.6 Å². The van der Waals surface area contributed by atoms with Gasteiger partial charge in [0, 0.05) is 19.7 Å². The third-order valence-corrected chi connectivity index (χ3v) is 3.57. The Hall–Kier alpha value is -1.14. The molecule has 19 heavy (non-hydrogen) atoms. The van der Waals surface area contributed by atoms with Gasteiger partial charge in [0.15, 0.2) is 0 Å². The maximum absolute atomic E-state index is 12.1. The number of nitrogens with zero attached hydrogens (tertiary/aromatic N) is 1. The van der Waals surface area contributed by atoms with Gasteiger partial charge < -0.3 is 19.5 Å². The quantitative estimate of drug-likeness (QED) is 0.812. The summed E-state index contributed by atoms with van der Waals surface area (Å²) in [5.41, 5.74) is 0. The number of aliphatic carboxylic acids is 1.